The number of benzene rings is 2. The van der Waals surface area contributed by atoms with Gasteiger partial charge in [-0.25, -0.2) is 0 Å². The zero-order chi connectivity index (χ0) is 18.4. The van der Waals surface area contributed by atoms with Crippen molar-refractivity contribution >= 4 is 23.2 Å². The number of amides is 2. The molecule has 6 nitrogen and oxygen atoms in total. The quantitative estimate of drug-likeness (QED) is 0.613. The molecule has 0 saturated carbocycles. The highest BCUT2D eigenvalue weighted by molar-refractivity contribution is 6.03. The third-order valence-corrected chi connectivity index (χ3v) is 3.87. The topological polar surface area (TPSA) is 91.2 Å². The Balaban J connectivity index is 1.80. The molecule has 26 heavy (non-hydrogen) atoms. The van der Waals surface area contributed by atoms with Gasteiger partial charge < -0.3 is 20.9 Å². The summed E-state index contributed by atoms with van der Waals surface area (Å²) in [4.78, 5) is 28.4. The summed E-state index contributed by atoms with van der Waals surface area (Å²) >= 11 is 0. The zero-order valence-electron chi connectivity index (χ0n) is 14.2. The molecule has 0 radical (unpaired) electrons. The van der Waals surface area contributed by atoms with Gasteiger partial charge >= 0.3 is 0 Å². The fourth-order valence-corrected chi connectivity index (χ4v) is 2.68. The van der Waals surface area contributed by atoms with E-state index in [0.29, 0.717) is 17.9 Å². The van der Waals surface area contributed by atoms with E-state index >= 15 is 0 Å². The van der Waals surface area contributed by atoms with Gasteiger partial charge in [-0.2, -0.15) is 0 Å². The molecule has 0 aliphatic rings. The molecule has 3 aromatic rings. The molecule has 0 fully saturated rings. The molecule has 0 atom stereocenters. The molecule has 132 valence electrons. The van der Waals surface area contributed by atoms with Crippen molar-refractivity contribution in [2.75, 3.05) is 16.8 Å². The van der Waals surface area contributed by atoms with Gasteiger partial charge in [0.2, 0.25) is 5.91 Å². The Bertz CT molecular complexity index is 876. The Hall–Kier alpha value is -3.54. The summed E-state index contributed by atoms with van der Waals surface area (Å²) in [6.07, 6.45) is 1.69. The van der Waals surface area contributed by atoms with E-state index in [9.17, 15) is 9.59 Å². The van der Waals surface area contributed by atoms with Gasteiger partial charge in [0, 0.05) is 24.1 Å². The van der Waals surface area contributed by atoms with E-state index in [4.69, 9.17) is 5.73 Å². The van der Waals surface area contributed by atoms with Gasteiger partial charge in [-0.3, -0.25) is 9.59 Å². The smallest absolute Gasteiger partial charge is 0.272 e. The molecule has 3 rings (SSSR count). The van der Waals surface area contributed by atoms with Gasteiger partial charge in [-0.05, 0) is 35.9 Å². The van der Waals surface area contributed by atoms with Crippen molar-refractivity contribution in [1.82, 2.24) is 4.98 Å². The molecule has 0 saturated heterocycles. The zero-order valence-corrected chi connectivity index (χ0v) is 14.2. The standard InChI is InChI=1S/C20H20N4O2/c21-19(25)14-24(13-15-6-2-1-3-7-15)17-9-4-8-16(12-17)23-20(26)18-10-5-11-22-18/h1-12,22H,13-14H2,(H2,21,25)(H,23,26). The number of carbonyl (C=O) groups excluding carboxylic acids is 2. The molecule has 0 bridgehead atoms. The van der Waals surface area contributed by atoms with Gasteiger partial charge in [-0.15, -0.1) is 0 Å². The number of nitrogens with two attached hydrogens (primary N) is 1. The maximum Gasteiger partial charge on any atom is 0.272 e. The Kier molecular flexibility index (Phi) is 5.34. The van der Waals surface area contributed by atoms with Crippen LogP contribution >= 0.6 is 0 Å². The van der Waals surface area contributed by atoms with E-state index in [0.717, 1.165) is 11.3 Å². The van der Waals surface area contributed by atoms with Crippen LogP contribution in [0.25, 0.3) is 0 Å². The Morgan fingerprint density at radius 2 is 1.81 bits per heavy atom. The predicted molar refractivity (Wildman–Crippen MR) is 102 cm³/mol. The first-order chi connectivity index (χ1) is 12.6. The number of hydrogen-bond donors (Lipinski definition) is 3. The van der Waals surface area contributed by atoms with Gasteiger partial charge in [-0.1, -0.05) is 36.4 Å². The average molecular weight is 348 g/mol. The minimum Gasteiger partial charge on any atom is -0.368 e. The van der Waals surface area contributed by atoms with Crippen LogP contribution in [0.1, 0.15) is 16.1 Å². The number of anilines is 2. The third-order valence-electron chi connectivity index (χ3n) is 3.87. The second-order valence-corrected chi connectivity index (χ2v) is 5.90. The molecule has 6 heteroatoms. The van der Waals surface area contributed by atoms with Crippen molar-refractivity contribution in [3.63, 3.8) is 0 Å². The van der Waals surface area contributed by atoms with E-state index in [1.54, 1.807) is 24.4 Å². The molecule has 0 unspecified atom stereocenters. The summed E-state index contributed by atoms with van der Waals surface area (Å²) in [6, 6.07) is 20.6. The van der Waals surface area contributed by atoms with Crippen LogP contribution < -0.4 is 16.0 Å². The number of hydrogen-bond acceptors (Lipinski definition) is 3. The summed E-state index contributed by atoms with van der Waals surface area (Å²) in [6.45, 7) is 0.626. The minimum absolute atomic E-state index is 0.0862. The number of nitrogens with zero attached hydrogens (tertiary/aromatic N) is 1. The lowest BCUT2D eigenvalue weighted by atomic mass is 10.2. The number of nitrogens with one attached hydrogen (secondary N) is 2. The molecule has 0 aliphatic carbocycles. The first-order valence-electron chi connectivity index (χ1n) is 8.24. The first-order valence-corrected chi connectivity index (χ1v) is 8.24. The van der Waals surface area contributed by atoms with Gasteiger partial charge in [0.15, 0.2) is 0 Å². The summed E-state index contributed by atoms with van der Waals surface area (Å²) < 4.78 is 0. The molecule has 0 spiro atoms. The van der Waals surface area contributed by atoms with Crippen LogP contribution in [0.3, 0.4) is 0 Å². The van der Waals surface area contributed by atoms with Crippen LogP contribution in [-0.4, -0.2) is 23.3 Å². The molecular formula is C20H20N4O2. The van der Waals surface area contributed by atoms with Crippen molar-refractivity contribution in [3.05, 3.63) is 84.2 Å². The van der Waals surface area contributed by atoms with Crippen molar-refractivity contribution in [1.29, 1.82) is 0 Å². The fraction of sp³-hybridized carbons (Fsp3) is 0.100. The van der Waals surface area contributed by atoms with Gasteiger partial charge in [0.1, 0.15) is 5.69 Å². The van der Waals surface area contributed by atoms with E-state index in [1.807, 2.05) is 53.4 Å². The summed E-state index contributed by atoms with van der Waals surface area (Å²) in [5, 5.41) is 2.84. The molecule has 2 amide bonds. The van der Waals surface area contributed by atoms with Crippen molar-refractivity contribution in [2.24, 2.45) is 5.73 Å². The number of rotatable bonds is 7. The molecule has 4 N–H and O–H groups in total. The normalized spacial score (nSPS) is 10.3. The second-order valence-electron chi connectivity index (χ2n) is 5.90. The van der Waals surface area contributed by atoms with Crippen LogP contribution in [0.2, 0.25) is 0 Å². The molecule has 1 heterocycles. The number of carbonyl (C=O) groups is 2. The Labute approximate surface area is 151 Å². The van der Waals surface area contributed by atoms with Crippen LogP contribution in [-0.2, 0) is 11.3 Å². The monoisotopic (exact) mass is 348 g/mol. The lowest BCUT2D eigenvalue weighted by molar-refractivity contribution is -0.116. The van der Waals surface area contributed by atoms with Crippen LogP contribution in [0, 0.1) is 0 Å². The number of aromatic nitrogens is 1. The molecule has 0 aliphatic heterocycles. The van der Waals surface area contributed by atoms with E-state index in [-0.39, 0.29) is 12.5 Å². The lowest BCUT2D eigenvalue weighted by Crippen LogP contribution is -2.33. The maximum atomic E-state index is 12.2. The highest BCUT2D eigenvalue weighted by Gasteiger charge is 2.12. The lowest BCUT2D eigenvalue weighted by Gasteiger charge is -2.24. The fourth-order valence-electron chi connectivity index (χ4n) is 2.68. The summed E-state index contributed by atoms with van der Waals surface area (Å²) in [5.74, 6) is -0.640. The first kappa shape index (κ1) is 17.3. The largest absolute Gasteiger partial charge is 0.368 e. The average Bonchev–Trinajstić information content (AvgIpc) is 3.17. The van der Waals surface area contributed by atoms with E-state index in [2.05, 4.69) is 10.3 Å². The number of H-pyrrole nitrogens is 1. The van der Waals surface area contributed by atoms with Crippen molar-refractivity contribution in [3.8, 4) is 0 Å². The van der Waals surface area contributed by atoms with Crippen molar-refractivity contribution < 1.29 is 9.59 Å². The SMILES string of the molecule is NC(=O)CN(Cc1ccccc1)c1cccc(NC(=O)c2ccc[nH]2)c1. The summed E-state index contributed by atoms with van der Waals surface area (Å²) in [5.41, 5.74) is 8.40. The van der Waals surface area contributed by atoms with E-state index < -0.39 is 5.91 Å². The van der Waals surface area contributed by atoms with Crippen LogP contribution in [0.4, 0.5) is 11.4 Å². The number of aromatic amines is 1. The second kappa shape index (κ2) is 8.02. The third kappa shape index (κ3) is 4.51. The minimum atomic E-state index is -0.415. The molecule has 1 aromatic heterocycles. The summed E-state index contributed by atoms with van der Waals surface area (Å²) in [7, 11) is 0. The van der Waals surface area contributed by atoms with Crippen LogP contribution in [0.5, 0.6) is 0 Å². The number of primary amides is 1. The van der Waals surface area contributed by atoms with Gasteiger partial charge in [0.25, 0.3) is 5.91 Å². The Morgan fingerprint density at radius 3 is 2.50 bits per heavy atom. The maximum absolute atomic E-state index is 12.2. The Morgan fingerprint density at radius 1 is 1.00 bits per heavy atom. The van der Waals surface area contributed by atoms with Crippen molar-refractivity contribution in [2.45, 2.75) is 6.54 Å². The van der Waals surface area contributed by atoms with Gasteiger partial charge in [0.05, 0.1) is 6.54 Å². The highest BCUT2D eigenvalue weighted by Crippen LogP contribution is 2.22. The molecular weight excluding hydrogens is 328 g/mol. The van der Waals surface area contributed by atoms with Crippen LogP contribution in [0.15, 0.2) is 72.9 Å². The molecule has 2 aromatic carbocycles. The highest BCUT2D eigenvalue weighted by atomic mass is 16.2. The predicted octanol–water partition coefficient (Wildman–Crippen LogP) is 2.76. The van der Waals surface area contributed by atoms with E-state index in [1.165, 1.54) is 0 Å².